The molecule has 32 heavy (non-hydrogen) atoms. The van der Waals surface area contributed by atoms with Crippen molar-refractivity contribution in [3.05, 3.63) is 71.8 Å². The van der Waals surface area contributed by atoms with Crippen molar-refractivity contribution in [2.45, 2.75) is 78.8 Å². The Morgan fingerprint density at radius 1 is 0.875 bits per heavy atom. The Balaban J connectivity index is 0.00000176. The van der Waals surface area contributed by atoms with Crippen LogP contribution in [0.2, 0.25) is 0 Å². The predicted molar refractivity (Wildman–Crippen MR) is 132 cm³/mol. The Morgan fingerprint density at radius 3 is 2.03 bits per heavy atom. The number of unbranched alkanes of at least 4 members (excludes halogenated alkanes) is 1. The number of imide groups is 1. The van der Waals surface area contributed by atoms with Crippen LogP contribution in [0.15, 0.2) is 60.7 Å². The number of aryl methyl sites for hydroxylation is 1. The van der Waals surface area contributed by atoms with E-state index < -0.39 is 0 Å². The molecule has 1 fully saturated rings. The van der Waals surface area contributed by atoms with E-state index in [0.717, 1.165) is 37.7 Å². The molecule has 3 rings (SSSR count). The number of nitrogens with zero attached hydrogens (tertiary/aromatic N) is 2. The third-order valence-electron chi connectivity index (χ3n) is 6.13. The summed E-state index contributed by atoms with van der Waals surface area (Å²) in [5, 5.41) is 0. The van der Waals surface area contributed by atoms with Gasteiger partial charge in [0, 0.05) is 6.54 Å². The van der Waals surface area contributed by atoms with Crippen LogP contribution in [0, 0.1) is 5.92 Å². The Morgan fingerprint density at radius 2 is 1.47 bits per heavy atom. The number of hydrogen-bond donors (Lipinski definition) is 0. The van der Waals surface area contributed by atoms with Gasteiger partial charge < -0.3 is 4.90 Å². The molecule has 174 valence electrons. The summed E-state index contributed by atoms with van der Waals surface area (Å²) in [6.07, 6.45) is 5.92. The smallest absolute Gasteiger partial charge is 0.312 e. The van der Waals surface area contributed by atoms with Crippen LogP contribution in [0.25, 0.3) is 0 Å². The highest BCUT2D eigenvalue weighted by atomic mass is 16.2. The van der Waals surface area contributed by atoms with Gasteiger partial charge in [-0.1, -0.05) is 108 Å². The molecule has 1 aliphatic heterocycles. The van der Waals surface area contributed by atoms with Crippen molar-refractivity contribution in [2.24, 2.45) is 5.92 Å². The van der Waals surface area contributed by atoms with Crippen molar-refractivity contribution < 1.29 is 9.59 Å². The molecule has 4 heteroatoms. The maximum atomic E-state index is 13.3. The number of rotatable bonds is 11. The molecular formula is C28H40N2O2. The Kier molecular flexibility index (Phi) is 11.0. The Hall–Kier alpha value is -2.62. The zero-order chi connectivity index (χ0) is 23.3. The minimum atomic E-state index is -0.364. The van der Waals surface area contributed by atoms with E-state index >= 15 is 0 Å². The molecule has 0 bridgehead atoms. The van der Waals surface area contributed by atoms with Gasteiger partial charge in [0.2, 0.25) is 0 Å². The van der Waals surface area contributed by atoms with Crippen molar-refractivity contribution >= 4 is 11.9 Å². The van der Waals surface area contributed by atoms with Gasteiger partial charge >= 0.3 is 6.03 Å². The summed E-state index contributed by atoms with van der Waals surface area (Å²) in [5.41, 5.74) is 2.19. The van der Waals surface area contributed by atoms with Crippen LogP contribution in [-0.2, 0) is 17.8 Å². The predicted octanol–water partition coefficient (Wildman–Crippen LogP) is 6.69. The van der Waals surface area contributed by atoms with Gasteiger partial charge in [-0.2, -0.15) is 0 Å². The Bertz CT molecular complexity index is 807. The maximum Gasteiger partial charge on any atom is 0.327 e. The second-order valence-corrected chi connectivity index (χ2v) is 8.30. The first-order valence-electron chi connectivity index (χ1n) is 12.3. The van der Waals surface area contributed by atoms with Crippen molar-refractivity contribution in [1.29, 1.82) is 0 Å². The van der Waals surface area contributed by atoms with E-state index in [4.69, 9.17) is 0 Å². The van der Waals surface area contributed by atoms with Crippen LogP contribution in [-0.4, -0.2) is 34.3 Å². The number of amides is 3. The standard InChI is InChI=1S/C26H34N2O2.C2H6/c1-3-5-12-21(4-2)19-27-24(18-17-22-13-8-6-9-14-22)25(29)28(26(27)30)20-23-15-10-7-11-16-23;1-2/h6-11,13-16,21,24H,3-5,12,17-20H2,1-2H3;1-2H3. The summed E-state index contributed by atoms with van der Waals surface area (Å²) in [6.45, 7) is 9.40. The molecule has 1 saturated heterocycles. The summed E-state index contributed by atoms with van der Waals surface area (Å²) >= 11 is 0. The van der Waals surface area contributed by atoms with Crippen molar-refractivity contribution in [3.63, 3.8) is 0 Å². The largest absolute Gasteiger partial charge is 0.327 e. The lowest BCUT2D eigenvalue weighted by molar-refractivity contribution is -0.128. The first-order valence-corrected chi connectivity index (χ1v) is 12.3. The quantitative estimate of drug-likeness (QED) is 0.368. The highest BCUT2D eigenvalue weighted by Crippen LogP contribution is 2.27. The molecule has 0 saturated carbocycles. The topological polar surface area (TPSA) is 40.6 Å². The van der Waals surface area contributed by atoms with E-state index in [9.17, 15) is 9.59 Å². The monoisotopic (exact) mass is 436 g/mol. The SMILES string of the molecule is CC.CCCCC(CC)CN1C(=O)N(Cc2ccccc2)C(=O)C1CCc1ccccc1. The zero-order valence-electron chi connectivity index (χ0n) is 20.3. The minimum Gasteiger partial charge on any atom is -0.312 e. The van der Waals surface area contributed by atoms with Crippen molar-refractivity contribution in [3.8, 4) is 0 Å². The molecule has 2 unspecified atom stereocenters. The fraction of sp³-hybridized carbons (Fsp3) is 0.500. The fourth-order valence-electron chi connectivity index (χ4n) is 4.24. The summed E-state index contributed by atoms with van der Waals surface area (Å²) in [7, 11) is 0. The molecule has 2 aromatic rings. The van der Waals surface area contributed by atoms with Crippen LogP contribution < -0.4 is 0 Å². The molecule has 0 N–H and O–H groups in total. The zero-order valence-corrected chi connectivity index (χ0v) is 20.3. The molecule has 2 aromatic carbocycles. The summed E-state index contributed by atoms with van der Waals surface area (Å²) in [6, 6.07) is 19.5. The van der Waals surface area contributed by atoms with Gasteiger partial charge in [0.15, 0.2) is 0 Å². The Labute approximate surface area is 194 Å². The number of urea groups is 1. The maximum absolute atomic E-state index is 13.3. The molecule has 0 radical (unpaired) electrons. The van der Waals surface area contributed by atoms with Gasteiger partial charge in [-0.05, 0) is 36.3 Å². The van der Waals surface area contributed by atoms with E-state index in [-0.39, 0.29) is 18.0 Å². The lowest BCUT2D eigenvalue weighted by Gasteiger charge is -2.26. The van der Waals surface area contributed by atoms with Gasteiger partial charge in [-0.3, -0.25) is 9.69 Å². The van der Waals surface area contributed by atoms with Gasteiger partial charge in [-0.25, -0.2) is 4.79 Å². The second kappa shape index (κ2) is 13.7. The number of benzene rings is 2. The number of carbonyl (C=O) groups is 2. The van der Waals surface area contributed by atoms with Gasteiger partial charge in [0.25, 0.3) is 5.91 Å². The molecule has 2 atom stereocenters. The molecule has 0 aliphatic carbocycles. The summed E-state index contributed by atoms with van der Waals surface area (Å²) in [5.74, 6) is 0.391. The molecule has 1 heterocycles. The average molecular weight is 437 g/mol. The molecule has 0 spiro atoms. The number of hydrogen-bond acceptors (Lipinski definition) is 2. The lowest BCUT2D eigenvalue weighted by atomic mass is 9.97. The van der Waals surface area contributed by atoms with Gasteiger partial charge in [0.1, 0.15) is 6.04 Å². The summed E-state index contributed by atoms with van der Waals surface area (Å²) in [4.78, 5) is 29.9. The van der Waals surface area contributed by atoms with E-state index in [2.05, 4.69) is 26.0 Å². The van der Waals surface area contributed by atoms with Crippen LogP contribution in [0.4, 0.5) is 4.79 Å². The molecule has 4 nitrogen and oxygen atoms in total. The normalized spacial score (nSPS) is 16.7. The molecule has 0 aromatic heterocycles. The van der Waals surface area contributed by atoms with Crippen molar-refractivity contribution in [2.75, 3.05) is 6.54 Å². The number of carbonyl (C=O) groups excluding carboxylic acids is 2. The lowest BCUT2D eigenvalue weighted by Crippen LogP contribution is -2.39. The molecule has 3 amide bonds. The second-order valence-electron chi connectivity index (χ2n) is 8.30. The van der Waals surface area contributed by atoms with Gasteiger partial charge in [0.05, 0.1) is 6.54 Å². The van der Waals surface area contributed by atoms with Crippen LogP contribution in [0.1, 0.15) is 70.9 Å². The van der Waals surface area contributed by atoms with E-state index in [1.165, 1.54) is 10.5 Å². The highest BCUT2D eigenvalue weighted by Gasteiger charge is 2.44. The first-order chi connectivity index (χ1) is 15.6. The van der Waals surface area contributed by atoms with Gasteiger partial charge in [-0.15, -0.1) is 0 Å². The van der Waals surface area contributed by atoms with Crippen LogP contribution >= 0.6 is 0 Å². The molecular weight excluding hydrogens is 396 g/mol. The fourth-order valence-corrected chi connectivity index (χ4v) is 4.24. The minimum absolute atomic E-state index is 0.0508. The first kappa shape index (κ1) is 25.6. The third kappa shape index (κ3) is 6.94. The third-order valence-corrected chi connectivity index (χ3v) is 6.13. The van der Waals surface area contributed by atoms with Crippen molar-refractivity contribution in [1.82, 2.24) is 9.80 Å². The van der Waals surface area contributed by atoms with E-state index in [1.54, 1.807) is 0 Å². The summed E-state index contributed by atoms with van der Waals surface area (Å²) < 4.78 is 0. The van der Waals surface area contributed by atoms with E-state index in [1.807, 2.05) is 67.3 Å². The van der Waals surface area contributed by atoms with Crippen LogP contribution in [0.5, 0.6) is 0 Å². The highest BCUT2D eigenvalue weighted by molar-refractivity contribution is 6.04. The van der Waals surface area contributed by atoms with E-state index in [0.29, 0.717) is 25.4 Å². The average Bonchev–Trinajstić information content (AvgIpc) is 3.06. The molecule has 1 aliphatic rings. The van der Waals surface area contributed by atoms with Crippen LogP contribution in [0.3, 0.4) is 0 Å².